The number of nitrogens with zero attached hydrogens (tertiary/aromatic N) is 2. The van der Waals surface area contributed by atoms with E-state index in [1.54, 1.807) is 6.92 Å². The predicted molar refractivity (Wildman–Crippen MR) is 177 cm³/mol. The molecule has 2 rings (SSSR count). The standard InChI is InChI=1S/C27H39F2N5O.3C2H6/c1-7-9-27(10-11-27)12-14-32-21(5)34-25-22(17-33-20(4)31-13-8-18(2)35)15-23(26(6,28)29)16-24(25)19(3)30;3*1-2/h8,13,15-16,35H,2-3,7,9-12,14,17,30H2,1,4-6H3,(H,31,33)(H,32,34);3*1-2H3/b13-8-;;;. The van der Waals surface area contributed by atoms with Crippen molar-refractivity contribution in [2.45, 2.75) is 114 Å². The molecule has 6 nitrogen and oxygen atoms in total. The van der Waals surface area contributed by atoms with E-state index in [4.69, 9.17) is 10.8 Å². The van der Waals surface area contributed by atoms with Gasteiger partial charge in [-0.25, -0.2) is 8.78 Å². The highest BCUT2D eigenvalue weighted by molar-refractivity contribution is 5.97. The van der Waals surface area contributed by atoms with E-state index in [0.29, 0.717) is 40.4 Å². The molecule has 1 fully saturated rings. The smallest absolute Gasteiger partial charge is 0.270 e. The van der Waals surface area contributed by atoms with Crippen LogP contribution in [0.5, 0.6) is 0 Å². The number of benzene rings is 1. The molecule has 1 aromatic rings. The van der Waals surface area contributed by atoms with Crippen LogP contribution >= 0.6 is 0 Å². The van der Waals surface area contributed by atoms with Crippen LogP contribution in [0.3, 0.4) is 0 Å². The zero-order chi connectivity index (χ0) is 32.2. The molecule has 5 N–H and O–H groups in total. The van der Waals surface area contributed by atoms with Gasteiger partial charge in [-0.15, -0.1) is 0 Å². The number of alkyl halides is 2. The van der Waals surface area contributed by atoms with Gasteiger partial charge < -0.3 is 21.5 Å². The lowest BCUT2D eigenvalue weighted by atomic mass is 9.97. The Balaban J connectivity index is 0. The summed E-state index contributed by atoms with van der Waals surface area (Å²) in [7, 11) is 0. The van der Waals surface area contributed by atoms with Crippen molar-refractivity contribution in [3.63, 3.8) is 0 Å². The van der Waals surface area contributed by atoms with Gasteiger partial charge >= 0.3 is 0 Å². The third-order valence-corrected chi connectivity index (χ3v) is 6.16. The molecular weight excluding hydrogens is 520 g/mol. The van der Waals surface area contributed by atoms with Crippen LogP contribution in [0.2, 0.25) is 0 Å². The molecule has 0 aromatic heterocycles. The third-order valence-electron chi connectivity index (χ3n) is 6.16. The Morgan fingerprint density at radius 1 is 1.05 bits per heavy atom. The van der Waals surface area contributed by atoms with Crippen molar-refractivity contribution in [1.82, 2.24) is 5.32 Å². The van der Waals surface area contributed by atoms with Gasteiger partial charge in [-0.3, -0.25) is 9.98 Å². The van der Waals surface area contributed by atoms with E-state index in [0.717, 1.165) is 13.3 Å². The molecule has 0 bridgehead atoms. The number of aliphatic imine (C=N–C) groups is 2. The molecule has 1 aromatic carbocycles. The minimum Gasteiger partial charge on any atom is -0.509 e. The van der Waals surface area contributed by atoms with Gasteiger partial charge in [0.25, 0.3) is 5.92 Å². The summed E-state index contributed by atoms with van der Waals surface area (Å²) in [5, 5.41) is 15.3. The van der Waals surface area contributed by atoms with Crippen LogP contribution in [0, 0.1) is 5.41 Å². The second-order valence-electron chi connectivity index (χ2n) is 9.43. The fourth-order valence-corrected chi connectivity index (χ4v) is 4.00. The van der Waals surface area contributed by atoms with Crippen LogP contribution in [0.4, 0.5) is 14.5 Å². The summed E-state index contributed by atoms with van der Waals surface area (Å²) in [6.07, 6.45) is 8.87. The number of aliphatic hydroxyl groups is 1. The van der Waals surface area contributed by atoms with Gasteiger partial charge in [-0.2, -0.15) is 0 Å². The van der Waals surface area contributed by atoms with Gasteiger partial charge in [-0.1, -0.05) is 68.0 Å². The molecule has 0 amide bonds. The largest absolute Gasteiger partial charge is 0.509 e. The molecule has 0 spiro atoms. The van der Waals surface area contributed by atoms with Gasteiger partial charge in [-0.05, 0) is 68.7 Å². The zero-order valence-electron chi connectivity index (χ0n) is 27.3. The number of nitrogens with one attached hydrogen (secondary N) is 2. The minimum atomic E-state index is -3.06. The highest BCUT2D eigenvalue weighted by Gasteiger charge is 2.40. The SMILES string of the molecule is C=C(O)/C=C\NC(C)=NCc1cc(C(C)(F)F)cc(C(=C)N)c1NC(C)=NCCC1(CCC)CC1.CC.CC.CC. The van der Waals surface area contributed by atoms with Crippen molar-refractivity contribution in [3.8, 4) is 0 Å². The molecule has 8 heteroatoms. The van der Waals surface area contributed by atoms with Crippen molar-refractivity contribution in [1.29, 1.82) is 0 Å². The molecule has 0 saturated heterocycles. The average Bonchev–Trinajstić information content (AvgIpc) is 3.69. The summed E-state index contributed by atoms with van der Waals surface area (Å²) >= 11 is 0. The first kappa shape index (κ1) is 40.0. The van der Waals surface area contributed by atoms with Crippen LogP contribution in [-0.4, -0.2) is 23.3 Å². The fourth-order valence-electron chi connectivity index (χ4n) is 4.00. The second-order valence-corrected chi connectivity index (χ2v) is 9.43. The Kier molecular flexibility index (Phi) is 20.2. The highest BCUT2D eigenvalue weighted by Crippen LogP contribution is 2.52. The first-order valence-corrected chi connectivity index (χ1v) is 15.0. The maximum absolute atomic E-state index is 14.3. The Labute approximate surface area is 249 Å². The molecule has 0 radical (unpaired) electrons. The minimum absolute atomic E-state index is 0.0992. The Bertz CT molecular complexity index is 1020. The molecule has 1 saturated carbocycles. The Hall–Kier alpha value is -3.16. The number of amidine groups is 2. The van der Waals surface area contributed by atoms with E-state index in [-0.39, 0.29) is 23.6 Å². The molecule has 234 valence electrons. The number of aliphatic hydroxyl groups excluding tert-OH is 1. The Morgan fingerprint density at radius 2 is 1.63 bits per heavy atom. The first-order chi connectivity index (χ1) is 19.4. The number of hydrogen-bond donors (Lipinski definition) is 4. The second kappa shape index (κ2) is 20.7. The molecule has 0 heterocycles. The maximum Gasteiger partial charge on any atom is 0.270 e. The molecular formula is C33H57F2N5O. The molecule has 0 aliphatic heterocycles. The topological polar surface area (TPSA) is 95.0 Å². The predicted octanol–water partition coefficient (Wildman–Crippen LogP) is 9.70. The summed E-state index contributed by atoms with van der Waals surface area (Å²) in [5.41, 5.74) is 7.98. The molecule has 0 unspecified atom stereocenters. The van der Waals surface area contributed by atoms with E-state index in [1.165, 1.54) is 50.1 Å². The van der Waals surface area contributed by atoms with E-state index in [1.807, 2.05) is 48.5 Å². The monoisotopic (exact) mass is 577 g/mol. The lowest BCUT2D eigenvalue weighted by Crippen LogP contribution is -2.17. The summed E-state index contributed by atoms with van der Waals surface area (Å²) < 4.78 is 28.5. The Morgan fingerprint density at radius 3 is 2.10 bits per heavy atom. The van der Waals surface area contributed by atoms with Gasteiger partial charge in [0, 0.05) is 36.5 Å². The fraction of sp³-hybridized carbons (Fsp3) is 0.576. The van der Waals surface area contributed by atoms with Crippen LogP contribution in [0.15, 0.2) is 53.3 Å². The van der Waals surface area contributed by atoms with Gasteiger partial charge in [0.2, 0.25) is 0 Å². The summed E-state index contributed by atoms with van der Waals surface area (Å²) in [5.74, 6) is -1.94. The maximum atomic E-state index is 14.3. The third kappa shape index (κ3) is 15.4. The van der Waals surface area contributed by atoms with Crippen molar-refractivity contribution in [3.05, 3.63) is 60.0 Å². The van der Waals surface area contributed by atoms with E-state index in [9.17, 15) is 8.78 Å². The van der Waals surface area contributed by atoms with Gasteiger partial charge in [0.15, 0.2) is 0 Å². The average molecular weight is 578 g/mol. The number of anilines is 1. The van der Waals surface area contributed by atoms with Crippen LogP contribution in [0.25, 0.3) is 5.70 Å². The summed E-state index contributed by atoms with van der Waals surface area (Å²) in [4.78, 5) is 9.14. The number of allylic oxidation sites excluding steroid dienone is 1. The van der Waals surface area contributed by atoms with E-state index >= 15 is 0 Å². The van der Waals surface area contributed by atoms with E-state index in [2.05, 4.69) is 40.7 Å². The number of nitrogens with two attached hydrogens (primary N) is 1. The highest BCUT2D eigenvalue weighted by atomic mass is 19.3. The van der Waals surface area contributed by atoms with Crippen molar-refractivity contribution < 1.29 is 13.9 Å². The number of hydrogen-bond acceptors (Lipinski definition) is 4. The van der Waals surface area contributed by atoms with Crippen LogP contribution < -0.4 is 16.4 Å². The molecule has 1 aliphatic rings. The summed E-state index contributed by atoms with van der Waals surface area (Å²) in [6.45, 7) is 26.6. The number of halogens is 2. The van der Waals surface area contributed by atoms with Gasteiger partial charge in [0.1, 0.15) is 5.76 Å². The lowest BCUT2D eigenvalue weighted by molar-refractivity contribution is 0.0174. The van der Waals surface area contributed by atoms with Crippen molar-refractivity contribution in [2.24, 2.45) is 21.1 Å². The lowest BCUT2D eigenvalue weighted by Gasteiger charge is -2.20. The normalized spacial score (nSPS) is 14.0. The molecule has 1 aliphatic carbocycles. The summed E-state index contributed by atoms with van der Waals surface area (Å²) in [6, 6.07) is 2.80. The van der Waals surface area contributed by atoms with Crippen LogP contribution in [-0.2, 0) is 12.5 Å². The van der Waals surface area contributed by atoms with Crippen molar-refractivity contribution in [2.75, 3.05) is 11.9 Å². The first-order valence-electron chi connectivity index (χ1n) is 15.0. The number of rotatable bonds is 12. The van der Waals surface area contributed by atoms with Crippen LogP contribution in [0.1, 0.15) is 118 Å². The molecule has 41 heavy (non-hydrogen) atoms. The van der Waals surface area contributed by atoms with Gasteiger partial charge in [0.05, 0.1) is 23.9 Å². The van der Waals surface area contributed by atoms with E-state index < -0.39 is 5.92 Å². The van der Waals surface area contributed by atoms with Crippen molar-refractivity contribution >= 4 is 23.1 Å². The zero-order valence-corrected chi connectivity index (χ0v) is 27.3. The quantitative estimate of drug-likeness (QED) is 0.0860. The molecule has 0 atom stereocenters.